The van der Waals surface area contributed by atoms with Gasteiger partial charge in [-0.2, -0.15) is 0 Å². The summed E-state index contributed by atoms with van der Waals surface area (Å²) in [6, 6.07) is 8.23. The van der Waals surface area contributed by atoms with Gasteiger partial charge in [0.05, 0.1) is 0 Å². The standard InChI is InChI=1S/C16H18ClN5O3/c1-11-4-2-3-5-12(11)10-20-6-8-21(9-7-20)16(23)14-13(17)15(19-18-14)22(24)25/h2-5H,6-10H2,1H3,(H,18,19). The number of carbonyl (C=O) groups excluding carboxylic acids is 1. The molecular formula is C16H18ClN5O3. The molecule has 2 aromatic rings. The Balaban J connectivity index is 1.61. The van der Waals surface area contributed by atoms with Crippen molar-refractivity contribution in [2.45, 2.75) is 13.5 Å². The number of carbonyl (C=O) groups is 1. The predicted octanol–water partition coefficient (Wildman–Crippen LogP) is 2.24. The molecule has 132 valence electrons. The molecule has 2 heterocycles. The first-order valence-electron chi connectivity index (χ1n) is 7.91. The minimum absolute atomic E-state index is 0.0966. The second-order valence-electron chi connectivity index (χ2n) is 5.99. The minimum Gasteiger partial charge on any atom is -0.358 e. The van der Waals surface area contributed by atoms with Crippen LogP contribution in [0.3, 0.4) is 0 Å². The molecule has 0 spiro atoms. The number of halogens is 1. The summed E-state index contributed by atoms with van der Waals surface area (Å²) < 4.78 is 0. The Morgan fingerprint density at radius 3 is 2.60 bits per heavy atom. The molecule has 0 aliphatic carbocycles. The fourth-order valence-corrected chi connectivity index (χ4v) is 3.10. The van der Waals surface area contributed by atoms with Gasteiger partial charge in [0, 0.05) is 32.7 Å². The van der Waals surface area contributed by atoms with Crippen molar-refractivity contribution < 1.29 is 9.72 Å². The molecule has 0 radical (unpaired) electrons. The zero-order valence-corrected chi connectivity index (χ0v) is 14.5. The van der Waals surface area contributed by atoms with E-state index in [0.29, 0.717) is 13.1 Å². The van der Waals surface area contributed by atoms with E-state index in [-0.39, 0.29) is 16.6 Å². The number of benzene rings is 1. The Bertz CT molecular complexity index is 799. The molecule has 1 aliphatic heterocycles. The van der Waals surface area contributed by atoms with E-state index in [1.165, 1.54) is 11.1 Å². The highest BCUT2D eigenvalue weighted by molar-refractivity contribution is 6.35. The van der Waals surface area contributed by atoms with Gasteiger partial charge in [-0.15, -0.1) is 5.10 Å². The fraction of sp³-hybridized carbons (Fsp3) is 0.375. The largest absolute Gasteiger partial charge is 0.362 e. The molecule has 0 bridgehead atoms. The number of aryl methyl sites for hydroxylation is 1. The second kappa shape index (κ2) is 7.20. The molecule has 3 rings (SSSR count). The number of H-pyrrole nitrogens is 1. The quantitative estimate of drug-likeness (QED) is 0.664. The lowest BCUT2D eigenvalue weighted by molar-refractivity contribution is -0.389. The number of rotatable bonds is 4. The van der Waals surface area contributed by atoms with Crippen LogP contribution in [-0.2, 0) is 6.54 Å². The summed E-state index contributed by atoms with van der Waals surface area (Å²) >= 11 is 5.89. The Hall–Kier alpha value is -2.45. The third-order valence-electron chi connectivity index (χ3n) is 4.39. The van der Waals surface area contributed by atoms with Crippen LogP contribution in [-0.4, -0.2) is 57.0 Å². The Labute approximate surface area is 149 Å². The predicted molar refractivity (Wildman–Crippen MR) is 92.6 cm³/mol. The summed E-state index contributed by atoms with van der Waals surface area (Å²) in [5.41, 5.74) is 2.42. The summed E-state index contributed by atoms with van der Waals surface area (Å²) in [6.07, 6.45) is 0. The zero-order chi connectivity index (χ0) is 18.0. The highest BCUT2D eigenvalue weighted by Gasteiger charge is 2.30. The third kappa shape index (κ3) is 3.64. The summed E-state index contributed by atoms with van der Waals surface area (Å²) in [6.45, 7) is 5.43. The highest BCUT2D eigenvalue weighted by atomic mass is 35.5. The van der Waals surface area contributed by atoms with E-state index in [1.54, 1.807) is 4.90 Å². The lowest BCUT2D eigenvalue weighted by Crippen LogP contribution is -2.48. The Morgan fingerprint density at radius 2 is 2.00 bits per heavy atom. The first-order chi connectivity index (χ1) is 12.0. The average molecular weight is 364 g/mol. The van der Waals surface area contributed by atoms with Crippen LogP contribution >= 0.6 is 11.6 Å². The van der Waals surface area contributed by atoms with Crippen LogP contribution in [0.15, 0.2) is 24.3 Å². The van der Waals surface area contributed by atoms with E-state index < -0.39 is 10.7 Å². The fourth-order valence-electron chi connectivity index (χ4n) is 2.87. The molecule has 1 saturated heterocycles. The zero-order valence-electron chi connectivity index (χ0n) is 13.7. The molecule has 1 amide bonds. The number of nitro groups is 1. The highest BCUT2D eigenvalue weighted by Crippen LogP contribution is 2.26. The topological polar surface area (TPSA) is 95.4 Å². The van der Waals surface area contributed by atoms with Crippen molar-refractivity contribution in [3.05, 3.63) is 56.2 Å². The lowest BCUT2D eigenvalue weighted by atomic mass is 10.1. The van der Waals surface area contributed by atoms with Crippen LogP contribution in [0.5, 0.6) is 0 Å². The molecule has 1 aliphatic rings. The van der Waals surface area contributed by atoms with Crippen molar-refractivity contribution in [3.63, 3.8) is 0 Å². The molecule has 0 atom stereocenters. The van der Waals surface area contributed by atoms with Crippen LogP contribution in [0.25, 0.3) is 0 Å². The smallest absolute Gasteiger partial charge is 0.358 e. The number of aromatic nitrogens is 2. The van der Waals surface area contributed by atoms with E-state index >= 15 is 0 Å². The minimum atomic E-state index is -0.688. The average Bonchev–Trinajstić information content (AvgIpc) is 2.99. The molecule has 1 aromatic carbocycles. The molecule has 0 saturated carbocycles. The number of nitrogens with zero attached hydrogens (tertiary/aromatic N) is 4. The SMILES string of the molecule is Cc1ccccc1CN1CCN(C(=O)c2n[nH]c([N+](=O)[O-])c2Cl)CC1. The molecule has 0 unspecified atom stereocenters. The van der Waals surface area contributed by atoms with Gasteiger partial charge in [-0.05, 0) is 23.0 Å². The maximum Gasteiger partial charge on any atom is 0.362 e. The van der Waals surface area contributed by atoms with Crippen molar-refractivity contribution in [2.75, 3.05) is 26.2 Å². The number of piperazine rings is 1. The van der Waals surface area contributed by atoms with Gasteiger partial charge < -0.3 is 15.0 Å². The molecule has 1 N–H and O–H groups in total. The van der Waals surface area contributed by atoms with E-state index in [9.17, 15) is 14.9 Å². The van der Waals surface area contributed by atoms with E-state index in [2.05, 4.69) is 34.2 Å². The van der Waals surface area contributed by atoms with Gasteiger partial charge in [-0.1, -0.05) is 41.0 Å². The lowest BCUT2D eigenvalue weighted by Gasteiger charge is -2.34. The molecule has 8 nitrogen and oxygen atoms in total. The second-order valence-corrected chi connectivity index (χ2v) is 6.36. The van der Waals surface area contributed by atoms with Crippen LogP contribution in [0, 0.1) is 17.0 Å². The van der Waals surface area contributed by atoms with E-state index in [4.69, 9.17) is 11.6 Å². The van der Waals surface area contributed by atoms with Crippen molar-refractivity contribution >= 4 is 23.3 Å². The first kappa shape index (κ1) is 17.4. The number of hydrogen-bond acceptors (Lipinski definition) is 5. The molecular weight excluding hydrogens is 346 g/mol. The van der Waals surface area contributed by atoms with Crippen molar-refractivity contribution in [3.8, 4) is 0 Å². The van der Waals surface area contributed by atoms with Crippen molar-refractivity contribution in [1.29, 1.82) is 0 Å². The van der Waals surface area contributed by atoms with Gasteiger partial charge in [0.1, 0.15) is 0 Å². The maximum absolute atomic E-state index is 12.5. The molecule has 9 heteroatoms. The first-order valence-corrected chi connectivity index (χ1v) is 8.29. The number of amides is 1. The maximum atomic E-state index is 12.5. The van der Waals surface area contributed by atoms with E-state index in [0.717, 1.165) is 19.6 Å². The van der Waals surface area contributed by atoms with Gasteiger partial charge in [-0.3, -0.25) is 9.69 Å². The van der Waals surface area contributed by atoms with Gasteiger partial charge in [-0.25, -0.2) is 0 Å². The molecule has 1 aromatic heterocycles. The summed E-state index contributed by atoms with van der Waals surface area (Å²) in [4.78, 5) is 26.5. The number of nitrogens with one attached hydrogen (secondary N) is 1. The Kier molecular flexibility index (Phi) is 5.00. The van der Waals surface area contributed by atoms with Crippen LogP contribution in [0.2, 0.25) is 5.02 Å². The molecule has 25 heavy (non-hydrogen) atoms. The summed E-state index contributed by atoms with van der Waals surface area (Å²) in [7, 11) is 0. The third-order valence-corrected chi connectivity index (χ3v) is 4.75. The van der Waals surface area contributed by atoms with Gasteiger partial charge in [0.25, 0.3) is 5.91 Å². The monoisotopic (exact) mass is 363 g/mol. The Morgan fingerprint density at radius 1 is 1.32 bits per heavy atom. The van der Waals surface area contributed by atoms with Gasteiger partial charge in [0.2, 0.25) is 0 Å². The normalized spacial score (nSPS) is 15.4. The van der Waals surface area contributed by atoms with E-state index in [1.807, 2.05) is 12.1 Å². The summed E-state index contributed by atoms with van der Waals surface area (Å²) in [5, 5.41) is 16.5. The van der Waals surface area contributed by atoms with Crippen molar-refractivity contribution in [2.24, 2.45) is 0 Å². The van der Waals surface area contributed by atoms with Gasteiger partial charge in [0.15, 0.2) is 10.7 Å². The number of hydrogen-bond donors (Lipinski definition) is 1. The number of aromatic amines is 1. The van der Waals surface area contributed by atoms with Crippen LogP contribution in [0.1, 0.15) is 21.6 Å². The van der Waals surface area contributed by atoms with Gasteiger partial charge >= 0.3 is 5.82 Å². The van der Waals surface area contributed by atoms with Crippen LogP contribution < -0.4 is 0 Å². The molecule has 1 fully saturated rings. The van der Waals surface area contributed by atoms with Crippen molar-refractivity contribution in [1.82, 2.24) is 20.0 Å². The summed E-state index contributed by atoms with van der Waals surface area (Å²) in [5.74, 6) is -0.840. The van der Waals surface area contributed by atoms with Crippen LogP contribution in [0.4, 0.5) is 5.82 Å².